The molecule has 3 rings (SSSR count). The number of hydrogen-bond acceptors (Lipinski definition) is 4. The monoisotopic (exact) mass is 354 g/mol. The molecule has 0 aliphatic carbocycles. The number of rotatable bonds is 3. The summed E-state index contributed by atoms with van der Waals surface area (Å²) in [5, 5.41) is 2.83. The normalized spacial score (nSPS) is 13.0. The van der Waals surface area contributed by atoms with E-state index in [-0.39, 0.29) is 30.7 Å². The molecule has 7 heteroatoms. The average Bonchev–Trinajstić information content (AvgIpc) is 3.02. The number of nitrogens with zero attached hydrogens (tertiary/aromatic N) is 2. The summed E-state index contributed by atoms with van der Waals surface area (Å²) >= 11 is 0. The van der Waals surface area contributed by atoms with Gasteiger partial charge in [-0.05, 0) is 43.2 Å². The molecule has 0 saturated carbocycles. The molecule has 2 aromatic rings. The summed E-state index contributed by atoms with van der Waals surface area (Å²) in [7, 11) is 0. The van der Waals surface area contributed by atoms with E-state index in [2.05, 4.69) is 15.2 Å². The first-order valence-corrected chi connectivity index (χ1v) is 7.10. The molecule has 0 bridgehead atoms. The highest BCUT2D eigenvalue weighted by Gasteiger charge is 2.13. The van der Waals surface area contributed by atoms with E-state index in [1.165, 1.54) is 12.8 Å². The second-order valence-corrected chi connectivity index (χ2v) is 5.18. The molecule has 0 unspecified atom stereocenters. The van der Waals surface area contributed by atoms with Crippen molar-refractivity contribution in [3.8, 4) is 0 Å². The number of nitrogens with two attached hydrogens (primary N) is 1. The highest BCUT2D eigenvalue weighted by Crippen LogP contribution is 2.19. The smallest absolute Gasteiger partial charge is 0.255 e. The lowest BCUT2D eigenvalue weighted by Gasteiger charge is -2.16. The third-order valence-electron chi connectivity index (χ3n) is 3.58. The van der Waals surface area contributed by atoms with Crippen LogP contribution < -0.4 is 16.0 Å². The van der Waals surface area contributed by atoms with Crippen LogP contribution in [0.3, 0.4) is 0 Å². The van der Waals surface area contributed by atoms with E-state index >= 15 is 0 Å². The van der Waals surface area contributed by atoms with Crippen molar-refractivity contribution in [1.82, 2.24) is 4.98 Å². The zero-order valence-electron chi connectivity index (χ0n) is 12.6. The van der Waals surface area contributed by atoms with E-state index in [1.54, 1.807) is 30.5 Å². The molecule has 3 N–H and O–H groups in total. The van der Waals surface area contributed by atoms with Gasteiger partial charge in [0.1, 0.15) is 5.82 Å². The van der Waals surface area contributed by atoms with Crippen LogP contribution in [0.1, 0.15) is 23.2 Å². The SMILES string of the molecule is Cl.Cl.Nc1cccc(C(=O)Nc2ccc(N3CCCC3)nc2)c1. The second kappa shape index (κ2) is 8.60. The minimum Gasteiger partial charge on any atom is -0.399 e. The van der Waals surface area contributed by atoms with E-state index in [1.807, 2.05) is 12.1 Å². The Balaban J connectivity index is 0.00000132. The fourth-order valence-electron chi connectivity index (χ4n) is 2.48. The highest BCUT2D eigenvalue weighted by molar-refractivity contribution is 6.04. The van der Waals surface area contributed by atoms with Crippen molar-refractivity contribution in [1.29, 1.82) is 0 Å². The van der Waals surface area contributed by atoms with Crippen LogP contribution in [-0.2, 0) is 0 Å². The number of benzene rings is 1. The van der Waals surface area contributed by atoms with Crippen LogP contribution in [0.5, 0.6) is 0 Å². The molecule has 1 saturated heterocycles. The molecular weight excluding hydrogens is 335 g/mol. The predicted octanol–water partition coefficient (Wildman–Crippen LogP) is 3.36. The minimum atomic E-state index is -0.182. The molecule has 0 spiro atoms. The maximum absolute atomic E-state index is 12.1. The van der Waals surface area contributed by atoms with E-state index < -0.39 is 0 Å². The number of aromatic nitrogens is 1. The van der Waals surface area contributed by atoms with Gasteiger partial charge >= 0.3 is 0 Å². The molecule has 1 amide bonds. The number of anilines is 3. The molecular formula is C16H20Cl2N4O. The zero-order valence-corrected chi connectivity index (χ0v) is 14.2. The quantitative estimate of drug-likeness (QED) is 0.829. The largest absolute Gasteiger partial charge is 0.399 e. The molecule has 5 nitrogen and oxygen atoms in total. The Labute approximate surface area is 148 Å². The minimum absolute atomic E-state index is 0. The first-order valence-electron chi connectivity index (χ1n) is 7.10. The molecule has 124 valence electrons. The summed E-state index contributed by atoms with van der Waals surface area (Å²) in [5.74, 6) is 0.785. The fourth-order valence-corrected chi connectivity index (χ4v) is 2.48. The third-order valence-corrected chi connectivity index (χ3v) is 3.58. The molecule has 1 aliphatic heterocycles. The Kier molecular flexibility index (Phi) is 7.13. The molecule has 1 fully saturated rings. The molecule has 2 heterocycles. The Morgan fingerprint density at radius 2 is 1.87 bits per heavy atom. The Morgan fingerprint density at radius 1 is 1.13 bits per heavy atom. The lowest BCUT2D eigenvalue weighted by Crippen LogP contribution is -2.19. The summed E-state index contributed by atoms with van der Waals surface area (Å²) < 4.78 is 0. The Bertz CT molecular complexity index is 643. The lowest BCUT2D eigenvalue weighted by atomic mass is 10.2. The van der Waals surface area contributed by atoms with Gasteiger partial charge in [0, 0.05) is 24.3 Å². The highest BCUT2D eigenvalue weighted by atomic mass is 35.5. The zero-order chi connectivity index (χ0) is 14.7. The molecule has 1 aromatic heterocycles. The number of nitrogens with one attached hydrogen (secondary N) is 1. The molecule has 1 aliphatic rings. The number of halogens is 2. The Hall–Kier alpha value is -1.98. The number of carbonyl (C=O) groups excluding carboxylic acids is 1. The summed E-state index contributed by atoms with van der Waals surface area (Å²) in [5.41, 5.74) is 7.48. The van der Waals surface area contributed by atoms with Gasteiger partial charge in [-0.15, -0.1) is 24.8 Å². The van der Waals surface area contributed by atoms with Crippen LogP contribution in [0.2, 0.25) is 0 Å². The van der Waals surface area contributed by atoms with Gasteiger partial charge in [-0.1, -0.05) is 6.07 Å². The molecule has 1 aromatic carbocycles. The average molecular weight is 355 g/mol. The van der Waals surface area contributed by atoms with Crippen molar-refractivity contribution in [3.05, 3.63) is 48.2 Å². The van der Waals surface area contributed by atoms with Gasteiger partial charge in [0.25, 0.3) is 5.91 Å². The van der Waals surface area contributed by atoms with E-state index in [9.17, 15) is 4.79 Å². The van der Waals surface area contributed by atoms with Gasteiger partial charge in [0.2, 0.25) is 0 Å². The van der Waals surface area contributed by atoms with Gasteiger partial charge in [0.05, 0.1) is 11.9 Å². The van der Waals surface area contributed by atoms with Crippen molar-refractivity contribution in [2.75, 3.05) is 29.0 Å². The Morgan fingerprint density at radius 3 is 2.48 bits per heavy atom. The summed E-state index contributed by atoms with van der Waals surface area (Å²) in [6, 6.07) is 10.7. The van der Waals surface area contributed by atoms with Gasteiger partial charge in [-0.3, -0.25) is 4.79 Å². The van der Waals surface area contributed by atoms with Crippen molar-refractivity contribution < 1.29 is 4.79 Å². The predicted molar refractivity (Wildman–Crippen MR) is 99.0 cm³/mol. The maximum atomic E-state index is 12.1. The molecule has 0 radical (unpaired) electrons. The number of hydrogen-bond donors (Lipinski definition) is 2. The van der Waals surface area contributed by atoms with Crippen LogP contribution in [0.25, 0.3) is 0 Å². The van der Waals surface area contributed by atoms with Crippen molar-refractivity contribution in [3.63, 3.8) is 0 Å². The van der Waals surface area contributed by atoms with E-state index in [0.717, 1.165) is 18.9 Å². The van der Waals surface area contributed by atoms with Crippen molar-refractivity contribution in [2.45, 2.75) is 12.8 Å². The standard InChI is InChI=1S/C16H18N4O.2ClH/c17-13-5-3-4-12(10-13)16(21)19-14-6-7-15(18-11-14)20-8-1-2-9-20;;/h3-7,10-11H,1-2,8-9,17H2,(H,19,21);2*1H. The van der Waals surface area contributed by atoms with Gasteiger partial charge in [0.15, 0.2) is 0 Å². The van der Waals surface area contributed by atoms with Crippen LogP contribution >= 0.6 is 24.8 Å². The van der Waals surface area contributed by atoms with Crippen LogP contribution in [0, 0.1) is 0 Å². The van der Waals surface area contributed by atoms with Crippen LogP contribution in [0.15, 0.2) is 42.6 Å². The summed E-state index contributed by atoms with van der Waals surface area (Å²) in [4.78, 5) is 18.8. The summed E-state index contributed by atoms with van der Waals surface area (Å²) in [6.07, 6.45) is 4.13. The first kappa shape index (κ1) is 19.1. The third kappa shape index (κ3) is 4.74. The molecule has 23 heavy (non-hydrogen) atoms. The van der Waals surface area contributed by atoms with Crippen molar-refractivity contribution >= 4 is 47.9 Å². The number of nitrogen functional groups attached to an aromatic ring is 1. The second-order valence-electron chi connectivity index (χ2n) is 5.18. The topological polar surface area (TPSA) is 71.2 Å². The van der Waals surface area contributed by atoms with E-state index in [0.29, 0.717) is 16.9 Å². The first-order chi connectivity index (χ1) is 10.2. The number of amides is 1. The van der Waals surface area contributed by atoms with Gasteiger partial charge in [-0.25, -0.2) is 4.98 Å². The molecule has 0 atom stereocenters. The van der Waals surface area contributed by atoms with Crippen LogP contribution in [-0.4, -0.2) is 24.0 Å². The lowest BCUT2D eigenvalue weighted by molar-refractivity contribution is 0.102. The van der Waals surface area contributed by atoms with Crippen LogP contribution in [0.4, 0.5) is 17.2 Å². The fraction of sp³-hybridized carbons (Fsp3) is 0.250. The van der Waals surface area contributed by atoms with Gasteiger partial charge < -0.3 is 16.0 Å². The number of carbonyl (C=O) groups is 1. The van der Waals surface area contributed by atoms with Crippen molar-refractivity contribution in [2.24, 2.45) is 0 Å². The van der Waals surface area contributed by atoms with E-state index in [4.69, 9.17) is 5.73 Å². The summed E-state index contributed by atoms with van der Waals surface area (Å²) in [6.45, 7) is 2.12. The van der Waals surface area contributed by atoms with Gasteiger partial charge in [-0.2, -0.15) is 0 Å². The maximum Gasteiger partial charge on any atom is 0.255 e. The number of pyridine rings is 1.